The summed E-state index contributed by atoms with van der Waals surface area (Å²) in [6, 6.07) is 62.6. The lowest BCUT2D eigenvalue weighted by molar-refractivity contribution is 0.641. The van der Waals surface area contributed by atoms with Gasteiger partial charge in [0.25, 0.3) is 0 Å². The van der Waals surface area contributed by atoms with Gasteiger partial charge in [0, 0.05) is 38.8 Å². The van der Waals surface area contributed by atoms with Gasteiger partial charge in [-0.1, -0.05) is 184 Å². The van der Waals surface area contributed by atoms with Crippen LogP contribution < -0.4 is 0 Å². The fraction of sp³-hybridized carbons (Fsp3) is 0.0638. The lowest BCUT2D eigenvalue weighted by Gasteiger charge is -2.26. The van der Waals surface area contributed by atoms with Gasteiger partial charge in [-0.2, -0.15) is 0 Å². The molecule has 0 aliphatic carbocycles. The quantitative estimate of drug-likeness (QED) is 0.163. The largest absolute Gasteiger partial charge is 0.228 e. The van der Waals surface area contributed by atoms with Gasteiger partial charge in [0.1, 0.15) is 0 Å². The number of benzene rings is 6. The Labute approximate surface area is 299 Å². The monoisotopic (exact) mass is 656 g/mol. The molecule has 0 radical (unpaired) electrons. The Kier molecular flexibility index (Phi) is 8.57. The molecule has 0 bridgehead atoms. The average Bonchev–Trinajstić information content (AvgIpc) is 3.22. The van der Waals surface area contributed by atoms with E-state index in [-0.39, 0.29) is 5.41 Å². The highest BCUT2D eigenvalue weighted by molar-refractivity contribution is 5.73. The number of hydrogen-bond donors (Lipinski definition) is 0. The molecule has 0 saturated carbocycles. The minimum absolute atomic E-state index is 0.249. The normalized spacial score (nSPS) is 11.3. The van der Waals surface area contributed by atoms with E-state index in [2.05, 4.69) is 123 Å². The first-order valence-electron chi connectivity index (χ1n) is 17.2. The van der Waals surface area contributed by atoms with E-state index >= 15 is 0 Å². The van der Waals surface area contributed by atoms with Crippen LogP contribution in [-0.4, -0.2) is 19.9 Å². The SMILES string of the molecule is CC(C)(c1ccc(-c2nc(-c3ccccc3)cc(-c3ccccc3)n2)cc1)c1ccc(-c2nc(-c3ccccc3)cc(-c3ccccc3)n2)cc1. The van der Waals surface area contributed by atoms with Gasteiger partial charge in [-0.15, -0.1) is 0 Å². The minimum atomic E-state index is -0.249. The smallest absolute Gasteiger partial charge is 0.160 e. The van der Waals surface area contributed by atoms with Crippen molar-refractivity contribution < 1.29 is 0 Å². The Bertz CT molecular complexity index is 2100. The summed E-state index contributed by atoms with van der Waals surface area (Å²) in [5.41, 5.74) is 12.0. The molecule has 0 N–H and O–H groups in total. The van der Waals surface area contributed by atoms with Crippen LogP contribution in [0.25, 0.3) is 67.8 Å². The predicted octanol–water partition coefficient (Wildman–Crippen LogP) is 11.6. The van der Waals surface area contributed by atoms with E-state index < -0.39 is 0 Å². The zero-order chi connectivity index (χ0) is 34.6. The summed E-state index contributed by atoms with van der Waals surface area (Å²) < 4.78 is 0. The third kappa shape index (κ3) is 6.72. The fourth-order valence-electron chi connectivity index (χ4n) is 6.42. The van der Waals surface area contributed by atoms with Crippen LogP contribution in [0, 0.1) is 0 Å². The van der Waals surface area contributed by atoms with Crippen LogP contribution >= 0.6 is 0 Å². The Hall–Kier alpha value is -6.52. The molecule has 51 heavy (non-hydrogen) atoms. The van der Waals surface area contributed by atoms with E-state index in [9.17, 15) is 0 Å². The Morgan fingerprint density at radius 1 is 0.294 bits per heavy atom. The van der Waals surface area contributed by atoms with Crippen LogP contribution in [0.15, 0.2) is 182 Å². The molecular weight excluding hydrogens is 621 g/mol. The van der Waals surface area contributed by atoms with Gasteiger partial charge < -0.3 is 0 Å². The van der Waals surface area contributed by atoms with Gasteiger partial charge in [-0.3, -0.25) is 0 Å². The summed E-state index contributed by atoms with van der Waals surface area (Å²) in [7, 11) is 0. The first-order chi connectivity index (χ1) is 25.0. The lowest BCUT2D eigenvalue weighted by atomic mass is 9.77. The van der Waals surface area contributed by atoms with Crippen LogP contribution in [0.5, 0.6) is 0 Å². The van der Waals surface area contributed by atoms with Crippen molar-refractivity contribution in [3.05, 3.63) is 193 Å². The summed E-state index contributed by atoms with van der Waals surface area (Å²) in [5.74, 6) is 1.41. The molecule has 4 nitrogen and oxygen atoms in total. The second kappa shape index (κ2) is 13.8. The zero-order valence-corrected chi connectivity index (χ0v) is 28.6. The molecule has 2 heterocycles. The first kappa shape index (κ1) is 31.7. The summed E-state index contributed by atoms with van der Waals surface area (Å²) in [4.78, 5) is 20.1. The van der Waals surface area contributed by atoms with Crippen LogP contribution in [0.3, 0.4) is 0 Å². The van der Waals surface area contributed by atoms with Gasteiger partial charge in [0.05, 0.1) is 22.8 Å². The highest BCUT2D eigenvalue weighted by atomic mass is 14.9. The standard InChI is InChI=1S/C47H36N4/c1-47(2,39-27-23-37(24-28-39)45-48-41(33-15-7-3-8-16-33)31-42(49-45)34-17-9-4-10-18-34)40-29-25-38(26-30-40)46-50-43(35-19-11-5-12-20-35)32-44(51-46)36-21-13-6-14-22-36/h3-32H,1-2H3. The van der Waals surface area contributed by atoms with E-state index in [1.807, 2.05) is 72.8 Å². The maximum atomic E-state index is 5.02. The third-order valence-electron chi connectivity index (χ3n) is 9.46. The van der Waals surface area contributed by atoms with Crippen LogP contribution in [0.2, 0.25) is 0 Å². The van der Waals surface area contributed by atoms with Gasteiger partial charge in [0.15, 0.2) is 11.6 Å². The van der Waals surface area contributed by atoms with E-state index in [0.717, 1.165) is 56.2 Å². The van der Waals surface area contributed by atoms with Crippen LogP contribution in [0.4, 0.5) is 0 Å². The molecule has 0 fully saturated rings. The molecule has 0 aliphatic rings. The number of aromatic nitrogens is 4. The van der Waals surface area contributed by atoms with Crippen LogP contribution in [0.1, 0.15) is 25.0 Å². The Morgan fingerprint density at radius 3 is 0.804 bits per heavy atom. The lowest BCUT2D eigenvalue weighted by Crippen LogP contribution is -2.18. The van der Waals surface area contributed by atoms with Crippen molar-refractivity contribution in [3.8, 4) is 67.8 Å². The highest BCUT2D eigenvalue weighted by Gasteiger charge is 2.24. The maximum absolute atomic E-state index is 5.02. The summed E-state index contributed by atoms with van der Waals surface area (Å²) in [6.45, 7) is 4.52. The van der Waals surface area contributed by atoms with Crippen molar-refractivity contribution in [1.29, 1.82) is 0 Å². The first-order valence-corrected chi connectivity index (χ1v) is 17.2. The van der Waals surface area contributed by atoms with Crippen molar-refractivity contribution in [2.24, 2.45) is 0 Å². The fourth-order valence-corrected chi connectivity index (χ4v) is 6.42. The summed E-state index contributed by atoms with van der Waals surface area (Å²) >= 11 is 0. The van der Waals surface area contributed by atoms with Crippen molar-refractivity contribution in [1.82, 2.24) is 19.9 Å². The molecule has 8 aromatic rings. The van der Waals surface area contributed by atoms with Gasteiger partial charge in [-0.25, -0.2) is 19.9 Å². The van der Waals surface area contributed by atoms with Crippen molar-refractivity contribution in [2.75, 3.05) is 0 Å². The molecular formula is C47H36N4. The van der Waals surface area contributed by atoms with Gasteiger partial charge in [0.2, 0.25) is 0 Å². The van der Waals surface area contributed by atoms with Crippen LogP contribution in [-0.2, 0) is 5.41 Å². The van der Waals surface area contributed by atoms with Gasteiger partial charge >= 0.3 is 0 Å². The second-order valence-corrected chi connectivity index (χ2v) is 13.2. The molecule has 8 rings (SSSR count). The highest BCUT2D eigenvalue weighted by Crippen LogP contribution is 2.35. The Balaban J connectivity index is 1.10. The molecule has 0 unspecified atom stereocenters. The minimum Gasteiger partial charge on any atom is -0.228 e. The molecule has 0 amide bonds. The molecule has 4 heteroatoms. The summed E-state index contributed by atoms with van der Waals surface area (Å²) in [6.07, 6.45) is 0. The number of nitrogens with zero attached hydrogens (tertiary/aromatic N) is 4. The molecule has 244 valence electrons. The summed E-state index contributed by atoms with van der Waals surface area (Å²) in [5, 5.41) is 0. The molecule has 0 aliphatic heterocycles. The Morgan fingerprint density at radius 2 is 0.549 bits per heavy atom. The predicted molar refractivity (Wildman–Crippen MR) is 209 cm³/mol. The van der Waals surface area contributed by atoms with E-state index in [4.69, 9.17) is 19.9 Å². The zero-order valence-electron chi connectivity index (χ0n) is 28.6. The van der Waals surface area contributed by atoms with E-state index in [1.54, 1.807) is 0 Å². The molecule has 2 aromatic heterocycles. The molecule has 0 atom stereocenters. The van der Waals surface area contributed by atoms with Crippen molar-refractivity contribution >= 4 is 0 Å². The third-order valence-corrected chi connectivity index (χ3v) is 9.46. The van der Waals surface area contributed by atoms with Crippen molar-refractivity contribution in [3.63, 3.8) is 0 Å². The number of hydrogen-bond acceptors (Lipinski definition) is 4. The maximum Gasteiger partial charge on any atom is 0.160 e. The van der Waals surface area contributed by atoms with E-state index in [1.165, 1.54) is 11.1 Å². The van der Waals surface area contributed by atoms with Crippen molar-refractivity contribution in [2.45, 2.75) is 19.3 Å². The van der Waals surface area contributed by atoms with Gasteiger partial charge in [-0.05, 0) is 23.3 Å². The molecule has 0 saturated heterocycles. The average molecular weight is 657 g/mol. The molecule has 6 aromatic carbocycles. The second-order valence-electron chi connectivity index (χ2n) is 13.2. The topological polar surface area (TPSA) is 51.6 Å². The number of rotatable bonds is 8. The molecule has 0 spiro atoms. The van der Waals surface area contributed by atoms with E-state index in [0.29, 0.717) is 11.6 Å².